The number of anilines is 1. The summed E-state index contributed by atoms with van der Waals surface area (Å²) in [5.41, 5.74) is 0.990. The Morgan fingerprint density at radius 1 is 1.42 bits per heavy atom. The maximum atomic E-state index is 5.68. The minimum Gasteiger partial charge on any atom is -0.432 e. The molecule has 1 aromatic heterocycles. The van der Waals surface area contributed by atoms with Gasteiger partial charge in [-0.15, -0.1) is 0 Å². The van der Waals surface area contributed by atoms with Crippen LogP contribution < -0.4 is 10.2 Å². The molecular formula is C14H26N4O. The predicted octanol–water partition coefficient (Wildman–Crippen LogP) is 1.70. The third kappa shape index (κ3) is 3.70. The van der Waals surface area contributed by atoms with Crippen molar-refractivity contribution in [2.24, 2.45) is 0 Å². The summed E-state index contributed by atoms with van der Waals surface area (Å²) >= 11 is 0. The number of rotatable bonds is 5. The highest BCUT2D eigenvalue weighted by Gasteiger charge is 2.25. The number of aromatic nitrogens is 1. The molecule has 1 fully saturated rings. The number of likely N-dealkylation sites (N-methyl/N-ethyl adjacent to an activating group) is 1. The molecule has 1 N–H and O–H groups in total. The molecule has 19 heavy (non-hydrogen) atoms. The van der Waals surface area contributed by atoms with Gasteiger partial charge in [-0.3, -0.25) is 0 Å². The standard InChI is InChI=1S/C14H26N4O/c1-4-13-10-17(3)7-6-8-18(13)14-16-12(11-19-14)9-15-5-2/h11,13,15H,4-10H2,1-3H3. The molecule has 1 unspecified atom stereocenters. The summed E-state index contributed by atoms with van der Waals surface area (Å²) in [4.78, 5) is 9.35. The summed E-state index contributed by atoms with van der Waals surface area (Å²) < 4.78 is 5.68. The first-order valence-corrected chi connectivity index (χ1v) is 7.34. The highest BCUT2D eigenvalue weighted by atomic mass is 16.4. The maximum absolute atomic E-state index is 5.68. The zero-order chi connectivity index (χ0) is 13.7. The van der Waals surface area contributed by atoms with E-state index in [0.717, 1.165) is 57.3 Å². The van der Waals surface area contributed by atoms with Crippen LogP contribution in [-0.4, -0.2) is 49.2 Å². The SMILES string of the molecule is CCNCc1coc(N2CCCN(C)CC2CC)n1. The van der Waals surface area contributed by atoms with Crippen LogP contribution in [0.5, 0.6) is 0 Å². The Balaban J connectivity index is 2.07. The molecule has 0 saturated carbocycles. The Bertz CT molecular complexity index is 379. The van der Waals surface area contributed by atoms with E-state index >= 15 is 0 Å². The van der Waals surface area contributed by atoms with E-state index in [1.807, 2.05) is 0 Å². The molecule has 2 rings (SSSR count). The lowest BCUT2D eigenvalue weighted by Crippen LogP contribution is -2.40. The van der Waals surface area contributed by atoms with Gasteiger partial charge in [0, 0.05) is 25.7 Å². The number of nitrogens with zero attached hydrogens (tertiary/aromatic N) is 3. The molecule has 0 spiro atoms. The quantitative estimate of drug-likeness (QED) is 0.879. The highest BCUT2D eigenvalue weighted by Crippen LogP contribution is 2.21. The van der Waals surface area contributed by atoms with Crippen LogP contribution in [0.4, 0.5) is 6.01 Å². The van der Waals surface area contributed by atoms with Crippen molar-refractivity contribution in [2.75, 3.05) is 38.1 Å². The predicted molar refractivity (Wildman–Crippen MR) is 77.4 cm³/mol. The number of oxazole rings is 1. The van der Waals surface area contributed by atoms with Crippen LogP contribution in [0.1, 0.15) is 32.4 Å². The fourth-order valence-corrected chi connectivity index (χ4v) is 2.61. The van der Waals surface area contributed by atoms with Crippen LogP contribution in [0, 0.1) is 0 Å². The Morgan fingerprint density at radius 2 is 2.26 bits per heavy atom. The van der Waals surface area contributed by atoms with E-state index in [1.54, 1.807) is 6.26 Å². The van der Waals surface area contributed by atoms with Crippen LogP contribution >= 0.6 is 0 Å². The molecule has 0 radical (unpaired) electrons. The van der Waals surface area contributed by atoms with E-state index in [4.69, 9.17) is 4.42 Å². The van der Waals surface area contributed by atoms with Crippen molar-refractivity contribution in [3.05, 3.63) is 12.0 Å². The van der Waals surface area contributed by atoms with Crippen molar-refractivity contribution < 1.29 is 4.42 Å². The summed E-state index contributed by atoms with van der Waals surface area (Å²) in [5.74, 6) is 0. The van der Waals surface area contributed by atoms with Crippen LogP contribution in [0.25, 0.3) is 0 Å². The second kappa shape index (κ2) is 6.91. The summed E-state index contributed by atoms with van der Waals surface area (Å²) in [7, 11) is 2.19. The van der Waals surface area contributed by atoms with Crippen molar-refractivity contribution in [3.8, 4) is 0 Å². The Morgan fingerprint density at radius 3 is 3.00 bits per heavy atom. The number of hydrogen-bond donors (Lipinski definition) is 1. The van der Waals surface area contributed by atoms with Gasteiger partial charge in [-0.05, 0) is 33.0 Å². The fourth-order valence-electron chi connectivity index (χ4n) is 2.61. The molecule has 1 aliphatic heterocycles. The molecule has 2 heterocycles. The monoisotopic (exact) mass is 266 g/mol. The maximum Gasteiger partial charge on any atom is 0.297 e. The van der Waals surface area contributed by atoms with Gasteiger partial charge in [-0.2, -0.15) is 4.98 Å². The van der Waals surface area contributed by atoms with Gasteiger partial charge in [-0.1, -0.05) is 13.8 Å². The smallest absolute Gasteiger partial charge is 0.297 e. The zero-order valence-corrected chi connectivity index (χ0v) is 12.4. The van der Waals surface area contributed by atoms with E-state index in [-0.39, 0.29) is 0 Å². The molecule has 1 saturated heterocycles. The molecule has 0 bridgehead atoms. The van der Waals surface area contributed by atoms with Crippen LogP contribution in [0.15, 0.2) is 10.7 Å². The molecule has 1 atom stereocenters. The molecule has 1 aromatic rings. The Kier molecular flexibility index (Phi) is 5.22. The van der Waals surface area contributed by atoms with E-state index in [9.17, 15) is 0 Å². The molecule has 0 amide bonds. The van der Waals surface area contributed by atoms with E-state index < -0.39 is 0 Å². The van der Waals surface area contributed by atoms with Crippen LogP contribution in [0.3, 0.4) is 0 Å². The molecule has 0 aromatic carbocycles. The summed E-state index contributed by atoms with van der Waals surface area (Å²) in [5, 5.41) is 3.28. The van der Waals surface area contributed by atoms with Crippen molar-refractivity contribution in [2.45, 2.75) is 39.3 Å². The highest BCUT2D eigenvalue weighted by molar-refractivity contribution is 5.29. The minimum atomic E-state index is 0.498. The summed E-state index contributed by atoms with van der Waals surface area (Å²) in [6.07, 6.45) is 4.06. The van der Waals surface area contributed by atoms with Gasteiger partial charge in [0.2, 0.25) is 0 Å². The third-order valence-electron chi connectivity index (χ3n) is 3.71. The van der Waals surface area contributed by atoms with Crippen molar-refractivity contribution in [1.29, 1.82) is 0 Å². The first kappa shape index (κ1) is 14.3. The zero-order valence-electron chi connectivity index (χ0n) is 12.4. The fraction of sp³-hybridized carbons (Fsp3) is 0.786. The minimum absolute atomic E-state index is 0.498. The van der Waals surface area contributed by atoms with Gasteiger partial charge in [0.05, 0.1) is 5.69 Å². The topological polar surface area (TPSA) is 44.5 Å². The largest absolute Gasteiger partial charge is 0.432 e. The molecular weight excluding hydrogens is 240 g/mol. The summed E-state index contributed by atoms with van der Waals surface area (Å²) in [6, 6.07) is 1.29. The van der Waals surface area contributed by atoms with Gasteiger partial charge < -0.3 is 19.5 Å². The normalized spacial score (nSPS) is 21.6. The first-order chi connectivity index (χ1) is 9.24. The van der Waals surface area contributed by atoms with Crippen molar-refractivity contribution >= 4 is 6.01 Å². The van der Waals surface area contributed by atoms with E-state index in [1.165, 1.54) is 0 Å². The van der Waals surface area contributed by atoms with Crippen LogP contribution in [-0.2, 0) is 6.54 Å². The molecule has 108 valence electrons. The first-order valence-electron chi connectivity index (χ1n) is 7.34. The number of nitrogens with one attached hydrogen (secondary N) is 1. The lowest BCUT2D eigenvalue weighted by atomic mass is 10.2. The average Bonchev–Trinajstić information content (AvgIpc) is 2.79. The molecule has 1 aliphatic rings. The lowest BCUT2D eigenvalue weighted by molar-refractivity contribution is 0.325. The Hall–Kier alpha value is -1.07. The molecule has 5 heteroatoms. The lowest BCUT2D eigenvalue weighted by Gasteiger charge is -2.28. The third-order valence-corrected chi connectivity index (χ3v) is 3.71. The Labute approximate surface area is 116 Å². The van der Waals surface area contributed by atoms with Crippen molar-refractivity contribution in [1.82, 2.24) is 15.2 Å². The van der Waals surface area contributed by atoms with E-state index in [0.29, 0.717) is 6.04 Å². The average molecular weight is 266 g/mol. The second-order valence-electron chi connectivity index (χ2n) is 5.27. The molecule has 0 aliphatic carbocycles. The van der Waals surface area contributed by atoms with Gasteiger partial charge in [0.15, 0.2) is 0 Å². The van der Waals surface area contributed by atoms with Crippen LogP contribution in [0.2, 0.25) is 0 Å². The van der Waals surface area contributed by atoms with Gasteiger partial charge in [-0.25, -0.2) is 0 Å². The van der Waals surface area contributed by atoms with E-state index in [2.05, 4.69) is 41.0 Å². The van der Waals surface area contributed by atoms with Crippen molar-refractivity contribution in [3.63, 3.8) is 0 Å². The molecule has 5 nitrogen and oxygen atoms in total. The number of hydrogen-bond acceptors (Lipinski definition) is 5. The van der Waals surface area contributed by atoms with Gasteiger partial charge >= 0.3 is 0 Å². The van der Waals surface area contributed by atoms with Gasteiger partial charge in [0.1, 0.15) is 6.26 Å². The summed E-state index contributed by atoms with van der Waals surface area (Å²) in [6.45, 7) is 9.33. The van der Waals surface area contributed by atoms with Gasteiger partial charge in [0.25, 0.3) is 6.01 Å². The second-order valence-corrected chi connectivity index (χ2v) is 5.27.